The van der Waals surface area contributed by atoms with Gasteiger partial charge in [0.2, 0.25) is 0 Å². The molecule has 0 aromatic heterocycles. The van der Waals surface area contributed by atoms with Crippen LogP contribution in [0, 0.1) is 0 Å². The zero-order valence-electron chi connectivity index (χ0n) is 9.98. The summed E-state index contributed by atoms with van der Waals surface area (Å²) in [6.07, 6.45) is 0. The van der Waals surface area contributed by atoms with E-state index in [1.807, 2.05) is 60.7 Å². The van der Waals surface area contributed by atoms with Crippen molar-refractivity contribution in [2.24, 2.45) is 9.98 Å². The molecule has 3 rings (SSSR count). The number of aliphatic imine (C=N–C) groups is 2. The SMILES string of the molecule is O=S=C1N=C(c2ccccc2)N=C1c1ccccc1. The second kappa shape index (κ2) is 5.12. The largest absolute Gasteiger partial charge is 0.225 e. The van der Waals surface area contributed by atoms with Crippen molar-refractivity contribution in [3.8, 4) is 0 Å². The van der Waals surface area contributed by atoms with Gasteiger partial charge < -0.3 is 0 Å². The van der Waals surface area contributed by atoms with E-state index in [1.54, 1.807) is 0 Å². The summed E-state index contributed by atoms with van der Waals surface area (Å²) in [5, 5.41) is 0. The number of rotatable bonds is 2. The van der Waals surface area contributed by atoms with Crippen molar-refractivity contribution in [1.29, 1.82) is 0 Å². The molecule has 0 aliphatic carbocycles. The topological polar surface area (TPSA) is 41.8 Å². The maximum absolute atomic E-state index is 11.2. The minimum absolute atomic E-state index is 0.382. The van der Waals surface area contributed by atoms with Gasteiger partial charge in [0.25, 0.3) is 0 Å². The minimum Gasteiger partial charge on any atom is -0.225 e. The van der Waals surface area contributed by atoms with Gasteiger partial charge in [-0.1, -0.05) is 60.7 Å². The molecule has 2 aromatic rings. The van der Waals surface area contributed by atoms with Crippen LogP contribution in [0.25, 0.3) is 0 Å². The predicted octanol–water partition coefficient (Wildman–Crippen LogP) is 2.28. The molecule has 0 fully saturated rings. The summed E-state index contributed by atoms with van der Waals surface area (Å²) in [4.78, 5) is 9.23. The maximum atomic E-state index is 11.2. The lowest BCUT2D eigenvalue weighted by Gasteiger charge is -1.97. The van der Waals surface area contributed by atoms with E-state index in [0.717, 1.165) is 11.1 Å². The molecule has 2 aromatic carbocycles. The average molecular weight is 266 g/mol. The van der Waals surface area contributed by atoms with Crippen LogP contribution in [-0.2, 0) is 11.3 Å². The van der Waals surface area contributed by atoms with Crippen LogP contribution < -0.4 is 0 Å². The van der Waals surface area contributed by atoms with Crippen molar-refractivity contribution in [2.45, 2.75) is 0 Å². The smallest absolute Gasteiger partial charge is 0.184 e. The fourth-order valence-electron chi connectivity index (χ4n) is 1.89. The van der Waals surface area contributed by atoms with Gasteiger partial charge in [0.1, 0.15) is 17.0 Å². The highest BCUT2D eigenvalue weighted by molar-refractivity contribution is 7.68. The average Bonchev–Trinajstić information content (AvgIpc) is 2.93. The van der Waals surface area contributed by atoms with Crippen LogP contribution in [0.1, 0.15) is 11.1 Å². The Bertz CT molecular complexity index is 714. The monoisotopic (exact) mass is 266 g/mol. The standard InChI is InChI=1S/C15H10N2OS/c18-19-15-13(11-7-3-1-4-8-11)16-14(17-15)12-9-5-2-6-10-12/h1-10H. The van der Waals surface area contributed by atoms with Crippen LogP contribution in [0.3, 0.4) is 0 Å². The summed E-state index contributed by atoms with van der Waals surface area (Å²) in [7, 11) is 0. The molecule has 1 heterocycles. The molecule has 1 aliphatic rings. The third-order valence-corrected chi connectivity index (χ3v) is 3.23. The van der Waals surface area contributed by atoms with Crippen LogP contribution in [0.4, 0.5) is 0 Å². The molecule has 0 radical (unpaired) electrons. The van der Waals surface area contributed by atoms with Crippen LogP contribution in [0.5, 0.6) is 0 Å². The molecule has 19 heavy (non-hydrogen) atoms. The quantitative estimate of drug-likeness (QED) is 0.769. The Morgan fingerprint density at radius 1 is 0.737 bits per heavy atom. The first kappa shape index (κ1) is 11.7. The van der Waals surface area contributed by atoms with Crippen LogP contribution in [0.15, 0.2) is 70.6 Å². The highest BCUT2D eigenvalue weighted by Gasteiger charge is 2.19. The van der Waals surface area contributed by atoms with Crippen molar-refractivity contribution in [3.63, 3.8) is 0 Å². The van der Waals surface area contributed by atoms with E-state index in [2.05, 4.69) is 9.98 Å². The Hall–Kier alpha value is -2.33. The third kappa shape index (κ3) is 2.30. The van der Waals surface area contributed by atoms with Gasteiger partial charge in [0.15, 0.2) is 10.8 Å². The van der Waals surface area contributed by atoms with E-state index in [0.29, 0.717) is 27.8 Å². The predicted molar refractivity (Wildman–Crippen MR) is 79.1 cm³/mol. The van der Waals surface area contributed by atoms with Crippen LogP contribution in [-0.4, -0.2) is 20.7 Å². The van der Waals surface area contributed by atoms with Gasteiger partial charge in [-0.15, -0.1) is 0 Å². The molecule has 0 atom stereocenters. The van der Waals surface area contributed by atoms with Gasteiger partial charge >= 0.3 is 0 Å². The summed E-state index contributed by atoms with van der Waals surface area (Å²) < 4.78 is 11.2. The summed E-state index contributed by atoms with van der Waals surface area (Å²) >= 11 is 0.382. The maximum Gasteiger partial charge on any atom is 0.184 e. The van der Waals surface area contributed by atoms with Gasteiger partial charge in [-0.3, -0.25) is 0 Å². The Morgan fingerprint density at radius 2 is 1.32 bits per heavy atom. The molecule has 1 aliphatic heterocycles. The van der Waals surface area contributed by atoms with E-state index in [4.69, 9.17) is 0 Å². The summed E-state index contributed by atoms with van der Waals surface area (Å²) in [6.45, 7) is 0. The van der Waals surface area contributed by atoms with E-state index in [9.17, 15) is 4.21 Å². The van der Waals surface area contributed by atoms with E-state index in [1.165, 1.54) is 0 Å². The highest BCUT2D eigenvalue weighted by atomic mass is 32.1. The molecule has 0 amide bonds. The Labute approximate surface area is 114 Å². The Balaban J connectivity index is 2.07. The third-order valence-electron chi connectivity index (χ3n) is 2.79. The molecule has 4 heteroatoms. The molecule has 0 spiro atoms. The van der Waals surface area contributed by atoms with Crippen molar-refractivity contribution >= 4 is 27.8 Å². The number of nitrogens with zero attached hydrogens (tertiary/aromatic N) is 2. The lowest BCUT2D eigenvalue weighted by molar-refractivity contribution is 0.701. The van der Waals surface area contributed by atoms with Gasteiger partial charge in [-0.05, 0) is 0 Å². The highest BCUT2D eigenvalue weighted by Crippen LogP contribution is 2.13. The van der Waals surface area contributed by atoms with Crippen LogP contribution in [0.2, 0.25) is 0 Å². The van der Waals surface area contributed by atoms with E-state index < -0.39 is 0 Å². The number of amidine groups is 1. The van der Waals surface area contributed by atoms with Crippen molar-refractivity contribution in [2.75, 3.05) is 0 Å². The van der Waals surface area contributed by atoms with E-state index in [-0.39, 0.29) is 0 Å². The summed E-state index contributed by atoms with van der Waals surface area (Å²) in [5.41, 5.74) is 2.48. The molecular formula is C15H10N2OS. The lowest BCUT2D eigenvalue weighted by Crippen LogP contribution is -2.08. The fraction of sp³-hybridized carbons (Fsp3) is 0. The summed E-state index contributed by atoms with van der Waals surface area (Å²) in [6, 6.07) is 19.3. The normalized spacial score (nSPS) is 14.0. The lowest BCUT2D eigenvalue weighted by atomic mass is 10.1. The molecule has 0 bridgehead atoms. The molecular weight excluding hydrogens is 256 g/mol. The number of benzene rings is 2. The first-order valence-electron chi connectivity index (χ1n) is 5.84. The van der Waals surface area contributed by atoms with Crippen molar-refractivity contribution in [3.05, 3.63) is 71.8 Å². The van der Waals surface area contributed by atoms with Gasteiger partial charge in [-0.2, -0.15) is 0 Å². The van der Waals surface area contributed by atoms with E-state index >= 15 is 0 Å². The molecule has 0 unspecified atom stereocenters. The van der Waals surface area contributed by atoms with Crippen molar-refractivity contribution < 1.29 is 4.21 Å². The molecule has 0 saturated heterocycles. The molecule has 92 valence electrons. The second-order valence-corrected chi connectivity index (χ2v) is 4.57. The zero-order chi connectivity index (χ0) is 13.1. The minimum atomic E-state index is 0.382. The number of hydrogen-bond donors (Lipinski definition) is 0. The second-order valence-electron chi connectivity index (χ2n) is 4.02. The van der Waals surface area contributed by atoms with Gasteiger partial charge in [0.05, 0.1) is 0 Å². The van der Waals surface area contributed by atoms with Crippen LogP contribution >= 0.6 is 0 Å². The molecule has 3 nitrogen and oxygen atoms in total. The van der Waals surface area contributed by atoms with Gasteiger partial charge in [0, 0.05) is 11.1 Å². The first-order chi connectivity index (χ1) is 9.38. The summed E-state index contributed by atoms with van der Waals surface area (Å²) in [5.74, 6) is 0.595. The Morgan fingerprint density at radius 3 is 1.89 bits per heavy atom. The molecule has 0 N–H and O–H groups in total. The number of hydrogen-bond acceptors (Lipinski definition) is 2. The fourth-order valence-corrected chi connectivity index (χ4v) is 2.25. The van der Waals surface area contributed by atoms with Crippen molar-refractivity contribution in [1.82, 2.24) is 0 Å². The Kier molecular flexibility index (Phi) is 3.16. The molecule has 0 saturated carbocycles. The van der Waals surface area contributed by atoms with Gasteiger partial charge in [-0.25, -0.2) is 14.2 Å². The zero-order valence-corrected chi connectivity index (χ0v) is 10.8. The first-order valence-corrected chi connectivity index (χ1v) is 6.58.